The van der Waals surface area contributed by atoms with Gasteiger partial charge in [0.05, 0.1) is 19.7 Å². The molecular weight excluding hydrogens is 158 g/mol. The van der Waals surface area contributed by atoms with Crippen LogP contribution >= 0.6 is 0 Å². The molecule has 0 aromatic rings. The average Bonchev–Trinajstić information content (AvgIpc) is 2.51. The first-order valence-electron chi connectivity index (χ1n) is 3.76. The van der Waals surface area contributed by atoms with Gasteiger partial charge in [-0.05, 0) is 0 Å². The lowest BCUT2D eigenvalue weighted by atomic mass is 10.3. The number of ether oxygens (including phenoxy) is 1. The van der Waals surface area contributed by atoms with Crippen LogP contribution in [0.3, 0.4) is 0 Å². The van der Waals surface area contributed by atoms with Crippen molar-refractivity contribution in [3.05, 3.63) is 0 Å². The lowest BCUT2D eigenvalue weighted by Gasteiger charge is -2.04. The molecule has 0 aromatic carbocycles. The van der Waals surface area contributed by atoms with Crippen molar-refractivity contribution in [2.24, 2.45) is 4.99 Å². The molecule has 1 heterocycles. The van der Waals surface area contributed by atoms with E-state index in [1.807, 2.05) is 14.1 Å². The van der Waals surface area contributed by atoms with Crippen LogP contribution in [0.1, 0.15) is 0 Å². The fourth-order valence-electron chi connectivity index (χ4n) is 0.816. The van der Waals surface area contributed by atoms with Crippen LogP contribution in [-0.2, 0) is 9.53 Å². The number of aliphatic imine (C=N–C) groups is 1. The molecule has 1 unspecified atom stereocenters. The third-order valence-corrected chi connectivity index (χ3v) is 1.43. The predicted molar refractivity (Wildman–Crippen MR) is 44.9 cm³/mol. The van der Waals surface area contributed by atoms with E-state index in [2.05, 4.69) is 10.3 Å². The molecule has 0 saturated carbocycles. The van der Waals surface area contributed by atoms with E-state index in [1.54, 1.807) is 4.90 Å². The normalized spacial score (nSPS) is 23.3. The van der Waals surface area contributed by atoms with E-state index >= 15 is 0 Å². The molecule has 1 N–H and O–H groups in total. The number of nitrogens with zero attached hydrogens (tertiary/aromatic N) is 2. The largest absolute Gasteiger partial charge is 0.369 e. The van der Waals surface area contributed by atoms with E-state index < -0.39 is 0 Å². The van der Waals surface area contributed by atoms with Crippen LogP contribution in [0.2, 0.25) is 0 Å². The minimum Gasteiger partial charge on any atom is -0.369 e. The van der Waals surface area contributed by atoms with Gasteiger partial charge < -0.3 is 9.64 Å². The molecule has 68 valence electrons. The van der Waals surface area contributed by atoms with Gasteiger partial charge in [0.15, 0.2) is 0 Å². The predicted octanol–water partition coefficient (Wildman–Crippen LogP) is -0.951. The molecule has 0 spiro atoms. The summed E-state index contributed by atoms with van der Waals surface area (Å²) in [4.78, 5) is 16.6. The van der Waals surface area contributed by atoms with E-state index in [4.69, 9.17) is 4.74 Å². The SMILES string of the molecule is CN(C)C=NC(=O)C1COCN1. The van der Waals surface area contributed by atoms with E-state index in [-0.39, 0.29) is 11.9 Å². The Balaban J connectivity index is 2.36. The minimum atomic E-state index is -0.263. The van der Waals surface area contributed by atoms with E-state index in [9.17, 15) is 4.79 Å². The number of nitrogens with one attached hydrogen (secondary N) is 1. The van der Waals surface area contributed by atoms with Crippen LogP contribution in [-0.4, -0.2) is 50.6 Å². The van der Waals surface area contributed by atoms with Crippen molar-refractivity contribution >= 4 is 12.2 Å². The third-order valence-electron chi connectivity index (χ3n) is 1.43. The Kier molecular flexibility index (Phi) is 3.19. The standard InChI is InChI=1S/C7H13N3O2/c1-10(2)4-8-7(11)6-3-12-5-9-6/h4,6,9H,3,5H2,1-2H3. The van der Waals surface area contributed by atoms with Gasteiger partial charge in [-0.3, -0.25) is 10.1 Å². The molecule has 0 bridgehead atoms. The number of rotatable bonds is 2. The zero-order valence-corrected chi connectivity index (χ0v) is 7.28. The highest BCUT2D eigenvalue weighted by Crippen LogP contribution is 1.96. The van der Waals surface area contributed by atoms with Crippen LogP contribution in [0.4, 0.5) is 0 Å². The minimum absolute atomic E-state index is 0.179. The Morgan fingerprint density at radius 2 is 2.50 bits per heavy atom. The Morgan fingerprint density at radius 3 is 3.00 bits per heavy atom. The van der Waals surface area contributed by atoms with Crippen molar-refractivity contribution in [1.29, 1.82) is 0 Å². The summed E-state index contributed by atoms with van der Waals surface area (Å²) in [5.74, 6) is -0.179. The smallest absolute Gasteiger partial charge is 0.266 e. The lowest BCUT2D eigenvalue weighted by Crippen LogP contribution is -2.32. The molecule has 1 fully saturated rings. The van der Waals surface area contributed by atoms with Crippen molar-refractivity contribution in [3.8, 4) is 0 Å². The third kappa shape index (κ3) is 2.60. The van der Waals surface area contributed by atoms with Gasteiger partial charge in [0.1, 0.15) is 6.04 Å². The monoisotopic (exact) mass is 171 g/mol. The van der Waals surface area contributed by atoms with Crippen molar-refractivity contribution < 1.29 is 9.53 Å². The molecule has 0 radical (unpaired) electrons. The van der Waals surface area contributed by atoms with Gasteiger partial charge in [-0.2, -0.15) is 0 Å². The number of carbonyl (C=O) groups excluding carboxylic acids is 1. The molecule has 1 rings (SSSR count). The first-order chi connectivity index (χ1) is 5.70. The Bertz CT molecular complexity index is 185. The summed E-state index contributed by atoms with van der Waals surface area (Å²) in [6.07, 6.45) is 1.49. The van der Waals surface area contributed by atoms with Gasteiger partial charge in [0.25, 0.3) is 5.91 Å². The van der Waals surface area contributed by atoms with Gasteiger partial charge in [0.2, 0.25) is 0 Å². The van der Waals surface area contributed by atoms with Crippen LogP contribution in [0.5, 0.6) is 0 Å². The second-order valence-electron chi connectivity index (χ2n) is 2.82. The lowest BCUT2D eigenvalue weighted by molar-refractivity contribution is -0.119. The van der Waals surface area contributed by atoms with Crippen LogP contribution in [0, 0.1) is 0 Å². The fraction of sp³-hybridized carbons (Fsp3) is 0.714. The highest BCUT2D eigenvalue weighted by atomic mass is 16.5. The number of hydrogen-bond acceptors (Lipinski definition) is 3. The maximum Gasteiger partial charge on any atom is 0.266 e. The van der Waals surface area contributed by atoms with Crippen molar-refractivity contribution in [1.82, 2.24) is 10.2 Å². The molecule has 5 heteroatoms. The molecule has 1 saturated heterocycles. The quantitative estimate of drug-likeness (QED) is 0.430. The Labute approximate surface area is 71.4 Å². The highest BCUT2D eigenvalue weighted by molar-refractivity contribution is 5.88. The molecule has 12 heavy (non-hydrogen) atoms. The summed E-state index contributed by atoms with van der Waals surface area (Å²) in [6, 6.07) is -0.263. The van der Waals surface area contributed by atoms with Crippen LogP contribution in [0.15, 0.2) is 4.99 Å². The fourth-order valence-corrected chi connectivity index (χ4v) is 0.816. The van der Waals surface area contributed by atoms with Gasteiger partial charge in [-0.15, -0.1) is 0 Å². The first-order valence-corrected chi connectivity index (χ1v) is 3.76. The first kappa shape index (κ1) is 9.15. The maximum absolute atomic E-state index is 11.2. The molecule has 5 nitrogen and oxygen atoms in total. The molecule has 0 aromatic heterocycles. The Morgan fingerprint density at radius 1 is 1.75 bits per heavy atom. The van der Waals surface area contributed by atoms with E-state index in [0.717, 1.165) is 0 Å². The number of hydrogen-bond donors (Lipinski definition) is 1. The molecule has 1 atom stereocenters. The van der Waals surface area contributed by atoms with Crippen molar-refractivity contribution in [3.63, 3.8) is 0 Å². The molecule has 0 aliphatic carbocycles. The second kappa shape index (κ2) is 4.18. The van der Waals surface area contributed by atoms with Gasteiger partial charge >= 0.3 is 0 Å². The highest BCUT2D eigenvalue weighted by Gasteiger charge is 2.21. The summed E-state index contributed by atoms with van der Waals surface area (Å²) in [5, 5.41) is 2.88. The van der Waals surface area contributed by atoms with Crippen LogP contribution < -0.4 is 5.32 Å². The molecule has 1 aliphatic rings. The van der Waals surface area contributed by atoms with Crippen molar-refractivity contribution in [2.75, 3.05) is 27.4 Å². The maximum atomic E-state index is 11.2. The summed E-state index contributed by atoms with van der Waals surface area (Å²) in [7, 11) is 3.63. The summed E-state index contributed by atoms with van der Waals surface area (Å²) in [6.45, 7) is 0.859. The topological polar surface area (TPSA) is 53.9 Å². The second-order valence-corrected chi connectivity index (χ2v) is 2.82. The molecule has 1 aliphatic heterocycles. The Hall–Kier alpha value is -0.940. The summed E-state index contributed by atoms with van der Waals surface area (Å²) < 4.78 is 4.97. The van der Waals surface area contributed by atoms with Crippen molar-refractivity contribution in [2.45, 2.75) is 6.04 Å². The number of amides is 1. The average molecular weight is 171 g/mol. The summed E-state index contributed by atoms with van der Waals surface area (Å²) >= 11 is 0. The van der Waals surface area contributed by atoms with Gasteiger partial charge in [-0.1, -0.05) is 0 Å². The van der Waals surface area contributed by atoms with E-state index in [0.29, 0.717) is 13.3 Å². The van der Waals surface area contributed by atoms with Gasteiger partial charge in [0, 0.05) is 14.1 Å². The van der Waals surface area contributed by atoms with Crippen LogP contribution in [0.25, 0.3) is 0 Å². The number of carbonyl (C=O) groups is 1. The summed E-state index contributed by atoms with van der Waals surface area (Å²) in [5.41, 5.74) is 0. The zero-order chi connectivity index (χ0) is 8.97. The van der Waals surface area contributed by atoms with Gasteiger partial charge in [-0.25, -0.2) is 4.99 Å². The molecule has 1 amide bonds. The molecular formula is C7H13N3O2. The zero-order valence-electron chi connectivity index (χ0n) is 7.28. The van der Waals surface area contributed by atoms with E-state index in [1.165, 1.54) is 6.34 Å².